The van der Waals surface area contributed by atoms with Gasteiger partial charge in [0.2, 0.25) is 0 Å². The number of H-pyrrole nitrogens is 1. The van der Waals surface area contributed by atoms with Crippen molar-refractivity contribution in [2.75, 3.05) is 31.3 Å². The van der Waals surface area contributed by atoms with Crippen LogP contribution in [0.1, 0.15) is 10.5 Å². The van der Waals surface area contributed by atoms with Gasteiger partial charge in [-0.3, -0.25) is 9.89 Å². The number of rotatable bonds is 4. The number of carbonyl (C=O) groups is 1. The quantitative estimate of drug-likeness (QED) is 0.787. The number of anilines is 1. The summed E-state index contributed by atoms with van der Waals surface area (Å²) >= 11 is 0. The average molecular weight is 296 g/mol. The summed E-state index contributed by atoms with van der Waals surface area (Å²) < 4.78 is 22.3. The number of fused-ring (bicyclic) bond motifs is 1. The van der Waals surface area contributed by atoms with Crippen LogP contribution in [0.4, 0.5) is 5.69 Å². The number of nitrogens with two attached hydrogens (primary N) is 1. The zero-order valence-corrected chi connectivity index (χ0v) is 12.1. The van der Waals surface area contributed by atoms with E-state index in [1.807, 2.05) is 0 Å². The first-order valence-corrected chi connectivity index (χ1v) is 8.01. The lowest BCUT2D eigenvalue weighted by Crippen LogP contribution is -2.31. The van der Waals surface area contributed by atoms with Crippen molar-refractivity contribution >= 4 is 32.3 Å². The molecule has 1 aromatic heterocycles. The van der Waals surface area contributed by atoms with Gasteiger partial charge in [-0.1, -0.05) is 0 Å². The fourth-order valence-electron chi connectivity index (χ4n) is 1.78. The molecule has 0 atom stereocenters. The number of sulfone groups is 1. The average Bonchev–Trinajstić information content (AvgIpc) is 2.77. The van der Waals surface area contributed by atoms with Gasteiger partial charge in [-0.2, -0.15) is 5.10 Å². The smallest absolute Gasteiger partial charge is 0.274 e. The van der Waals surface area contributed by atoms with E-state index in [1.165, 1.54) is 4.90 Å². The summed E-state index contributed by atoms with van der Waals surface area (Å²) in [6.07, 6.45) is 1.13. The van der Waals surface area contributed by atoms with Crippen LogP contribution >= 0.6 is 0 Å². The Morgan fingerprint density at radius 2 is 2.15 bits per heavy atom. The van der Waals surface area contributed by atoms with Gasteiger partial charge in [0.25, 0.3) is 5.91 Å². The molecule has 7 nitrogen and oxygen atoms in total. The molecule has 3 N–H and O–H groups in total. The molecule has 0 saturated carbocycles. The number of hydrogen-bond donors (Lipinski definition) is 2. The Bertz CT molecular complexity index is 751. The molecule has 0 aliphatic carbocycles. The molecule has 2 aromatic rings. The van der Waals surface area contributed by atoms with E-state index in [-0.39, 0.29) is 23.9 Å². The first kappa shape index (κ1) is 14.3. The highest BCUT2D eigenvalue weighted by molar-refractivity contribution is 7.90. The lowest BCUT2D eigenvalue weighted by Gasteiger charge is -2.15. The van der Waals surface area contributed by atoms with Crippen molar-refractivity contribution < 1.29 is 13.2 Å². The third-order valence-corrected chi connectivity index (χ3v) is 3.86. The van der Waals surface area contributed by atoms with E-state index in [4.69, 9.17) is 5.73 Å². The molecule has 1 heterocycles. The molecule has 20 heavy (non-hydrogen) atoms. The van der Waals surface area contributed by atoms with Gasteiger partial charge in [0, 0.05) is 30.9 Å². The largest absolute Gasteiger partial charge is 0.399 e. The fourth-order valence-corrected chi connectivity index (χ4v) is 2.39. The van der Waals surface area contributed by atoms with Crippen LogP contribution in [-0.4, -0.2) is 55.0 Å². The maximum Gasteiger partial charge on any atom is 0.274 e. The van der Waals surface area contributed by atoms with Crippen LogP contribution in [-0.2, 0) is 9.84 Å². The maximum absolute atomic E-state index is 12.3. The molecule has 2 rings (SSSR count). The SMILES string of the molecule is CN(CCS(C)(=O)=O)C(=O)c1n[nH]c2ccc(N)cc12. The topological polar surface area (TPSA) is 109 Å². The number of benzene rings is 1. The van der Waals surface area contributed by atoms with E-state index in [0.29, 0.717) is 16.6 Å². The molecule has 1 aromatic carbocycles. The van der Waals surface area contributed by atoms with Crippen molar-refractivity contribution in [2.45, 2.75) is 0 Å². The monoisotopic (exact) mass is 296 g/mol. The number of aromatic amines is 1. The summed E-state index contributed by atoms with van der Waals surface area (Å²) in [4.78, 5) is 13.6. The van der Waals surface area contributed by atoms with Crippen molar-refractivity contribution in [3.8, 4) is 0 Å². The summed E-state index contributed by atoms with van der Waals surface area (Å²) in [7, 11) is -1.57. The zero-order chi connectivity index (χ0) is 14.9. The Balaban J connectivity index is 2.25. The molecule has 0 spiro atoms. The van der Waals surface area contributed by atoms with Crippen LogP contribution < -0.4 is 5.73 Å². The summed E-state index contributed by atoms with van der Waals surface area (Å²) in [6, 6.07) is 5.11. The second kappa shape index (κ2) is 5.12. The lowest BCUT2D eigenvalue weighted by atomic mass is 10.2. The van der Waals surface area contributed by atoms with Crippen molar-refractivity contribution in [3.05, 3.63) is 23.9 Å². The molecule has 108 valence electrons. The Labute approximate surface area is 116 Å². The van der Waals surface area contributed by atoms with Crippen LogP contribution in [0.15, 0.2) is 18.2 Å². The molecule has 0 aliphatic heterocycles. The van der Waals surface area contributed by atoms with Crippen molar-refractivity contribution in [3.63, 3.8) is 0 Å². The van der Waals surface area contributed by atoms with Gasteiger partial charge in [-0.05, 0) is 18.2 Å². The second-order valence-corrected chi connectivity index (χ2v) is 6.99. The highest BCUT2D eigenvalue weighted by Gasteiger charge is 2.19. The van der Waals surface area contributed by atoms with Crippen molar-refractivity contribution in [1.29, 1.82) is 0 Å². The molecule has 0 fully saturated rings. The second-order valence-electron chi connectivity index (χ2n) is 4.73. The normalized spacial score (nSPS) is 11.7. The Morgan fingerprint density at radius 1 is 1.45 bits per heavy atom. The van der Waals surface area contributed by atoms with Gasteiger partial charge in [0.15, 0.2) is 5.69 Å². The van der Waals surface area contributed by atoms with E-state index >= 15 is 0 Å². The van der Waals surface area contributed by atoms with E-state index in [2.05, 4.69) is 10.2 Å². The van der Waals surface area contributed by atoms with Gasteiger partial charge in [0.05, 0.1) is 11.3 Å². The Morgan fingerprint density at radius 3 is 2.80 bits per heavy atom. The number of nitrogens with one attached hydrogen (secondary N) is 1. The van der Waals surface area contributed by atoms with Crippen LogP contribution in [0.5, 0.6) is 0 Å². The molecule has 1 amide bonds. The maximum atomic E-state index is 12.3. The van der Waals surface area contributed by atoms with Gasteiger partial charge in [-0.15, -0.1) is 0 Å². The number of carbonyl (C=O) groups excluding carboxylic acids is 1. The van der Waals surface area contributed by atoms with Crippen LogP contribution in [0, 0.1) is 0 Å². The molecular formula is C12H16N4O3S. The first-order valence-electron chi connectivity index (χ1n) is 5.95. The van der Waals surface area contributed by atoms with Crippen molar-refractivity contribution in [1.82, 2.24) is 15.1 Å². The van der Waals surface area contributed by atoms with Crippen molar-refractivity contribution in [2.24, 2.45) is 0 Å². The summed E-state index contributed by atoms with van der Waals surface area (Å²) in [5.74, 6) is -0.426. The number of amides is 1. The standard InChI is InChI=1S/C12H16N4O3S/c1-16(5-6-20(2,18)19)12(17)11-9-7-8(13)3-4-10(9)14-15-11/h3-4,7H,5-6,13H2,1-2H3,(H,14,15). The summed E-state index contributed by atoms with van der Waals surface area (Å²) in [6.45, 7) is 0.119. The van der Waals surface area contributed by atoms with Gasteiger partial charge in [0.1, 0.15) is 9.84 Å². The number of aromatic nitrogens is 2. The molecule has 0 bridgehead atoms. The van der Waals surface area contributed by atoms with Gasteiger partial charge >= 0.3 is 0 Å². The molecular weight excluding hydrogens is 280 g/mol. The number of nitrogen functional groups attached to an aromatic ring is 1. The lowest BCUT2D eigenvalue weighted by molar-refractivity contribution is 0.0799. The van der Waals surface area contributed by atoms with E-state index in [0.717, 1.165) is 6.26 Å². The Kier molecular flexibility index (Phi) is 3.67. The van der Waals surface area contributed by atoms with Crippen LogP contribution in [0.3, 0.4) is 0 Å². The molecule has 0 unspecified atom stereocenters. The fraction of sp³-hybridized carbons (Fsp3) is 0.333. The minimum absolute atomic E-state index is 0.0836. The van der Waals surface area contributed by atoms with E-state index in [9.17, 15) is 13.2 Å². The van der Waals surface area contributed by atoms with Crippen LogP contribution in [0.2, 0.25) is 0 Å². The van der Waals surface area contributed by atoms with E-state index < -0.39 is 9.84 Å². The minimum atomic E-state index is -3.11. The molecule has 0 saturated heterocycles. The predicted octanol–water partition coefficient (Wildman–Crippen LogP) is 0.262. The predicted molar refractivity (Wildman–Crippen MR) is 77.2 cm³/mol. The summed E-state index contributed by atoms with van der Waals surface area (Å²) in [5.41, 5.74) is 7.18. The third kappa shape index (κ3) is 3.08. The highest BCUT2D eigenvalue weighted by Crippen LogP contribution is 2.19. The number of hydrogen-bond acceptors (Lipinski definition) is 5. The Hall–Kier alpha value is -2.09. The van der Waals surface area contributed by atoms with Gasteiger partial charge < -0.3 is 10.6 Å². The number of nitrogens with zero attached hydrogens (tertiary/aromatic N) is 2. The minimum Gasteiger partial charge on any atom is -0.399 e. The molecule has 0 radical (unpaired) electrons. The zero-order valence-electron chi connectivity index (χ0n) is 11.3. The van der Waals surface area contributed by atoms with Crippen LogP contribution in [0.25, 0.3) is 10.9 Å². The van der Waals surface area contributed by atoms with E-state index in [1.54, 1.807) is 25.2 Å². The summed E-state index contributed by atoms with van der Waals surface area (Å²) in [5, 5.41) is 7.36. The molecule has 8 heteroatoms. The highest BCUT2D eigenvalue weighted by atomic mass is 32.2. The first-order chi connectivity index (χ1) is 9.28. The molecule has 0 aliphatic rings. The third-order valence-electron chi connectivity index (χ3n) is 2.93. The van der Waals surface area contributed by atoms with Gasteiger partial charge in [-0.25, -0.2) is 8.42 Å².